The molecule has 2 fully saturated rings. The van der Waals surface area contributed by atoms with Crippen LogP contribution in [0.25, 0.3) is 0 Å². The van der Waals surface area contributed by atoms with Gasteiger partial charge >= 0.3 is 0 Å². The van der Waals surface area contributed by atoms with Crippen LogP contribution in [0.4, 0.5) is 5.95 Å². The minimum Gasteiger partial charge on any atom is -0.482 e. The Hall–Kier alpha value is -3.07. The molecule has 0 N–H and O–H groups in total. The lowest BCUT2D eigenvalue weighted by Crippen LogP contribution is -2.55. The summed E-state index contributed by atoms with van der Waals surface area (Å²) in [6, 6.07) is 7.07. The van der Waals surface area contributed by atoms with E-state index in [0.29, 0.717) is 43.2 Å². The first-order valence-corrected chi connectivity index (χ1v) is 13.5. The molecule has 0 spiro atoms. The van der Waals surface area contributed by atoms with Gasteiger partial charge in [0.25, 0.3) is 0 Å². The van der Waals surface area contributed by atoms with Gasteiger partial charge in [-0.3, -0.25) is 9.59 Å². The molecule has 34 heavy (non-hydrogen) atoms. The topological polar surface area (TPSA) is 107 Å². The fraction of sp³-hybridized carbons (Fsp3) is 0.440. The first kappa shape index (κ1) is 22.7. The normalized spacial score (nSPS) is 21.1. The van der Waals surface area contributed by atoms with Gasteiger partial charge in [0.15, 0.2) is 27.5 Å². The van der Waals surface area contributed by atoms with E-state index in [9.17, 15) is 18.0 Å². The van der Waals surface area contributed by atoms with Crippen molar-refractivity contribution in [3.63, 3.8) is 0 Å². The molecule has 0 amide bonds. The minimum absolute atomic E-state index is 0.0654. The van der Waals surface area contributed by atoms with E-state index in [4.69, 9.17) is 4.74 Å². The molecular formula is C25H27N3O5S. The molecule has 0 bridgehead atoms. The Morgan fingerprint density at radius 2 is 1.76 bits per heavy atom. The van der Waals surface area contributed by atoms with E-state index in [0.717, 1.165) is 30.4 Å². The van der Waals surface area contributed by atoms with Crippen LogP contribution >= 0.6 is 0 Å². The summed E-state index contributed by atoms with van der Waals surface area (Å²) in [4.78, 5) is 35.3. The first-order valence-electron chi connectivity index (χ1n) is 11.6. The van der Waals surface area contributed by atoms with Gasteiger partial charge in [0.2, 0.25) is 5.95 Å². The van der Waals surface area contributed by atoms with Crippen LogP contribution < -0.4 is 9.64 Å². The van der Waals surface area contributed by atoms with Gasteiger partial charge in [-0.05, 0) is 68.0 Å². The Labute approximate surface area is 199 Å². The number of allylic oxidation sites excluding steroid dienone is 1. The highest BCUT2D eigenvalue weighted by molar-refractivity contribution is 7.91. The Morgan fingerprint density at radius 3 is 2.35 bits per heavy atom. The quantitative estimate of drug-likeness (QED) is 0.530. The number of carbonyl (C=O) groups is 2. The molecule has 5 rings (SSSR count). The standard InChI is InChI=1S/C25H27N3O5S/c1-34(31,32)21-14-28(15-21)25-26-12-17(13-27-25)10-16-2-9-23(22(29)11-16)33-20-7-5-19(6-8-20)24(30)18-3-4-18/h5-8,11-13,18,21,23H,2-4,9-10,14-15H2,1H3/t23-/m1/s1. The van der Waals surface area contributed by atoms with E-state index >= 15 is 0 Å². The number of hydrogen-bond acceptors (Lipinski definition) is 8. The molecule has 2 aromatic rings. The highest BCUT2D eigenvalue weighted by Gasteiger charge is 2.36. The van der Waals surface area contributed by atoms with Gasteiger partial charge in [0, 0.05) is 43.2 Å². The number of rotatable bonds is 8. The van der Waals surface area contributed by atoms with Gasteiger partial charge in [-0.1, -0.05) is 5.57 Å². The molecule has 8 nitrogen and oxygen atoms in total. The van der Waals surface area contributed by atoms with E-state index in [1.54, 1.807) is 42.7 Å². The predicted molar refractivity (Wildman–Crippen MR) is 127 cm³/mol. The number of ketones is 2. The van der Waals surface area contributed by atoms with Crippen LogP contribution in [0.5, 0.6) is 5.75 Å². The summed E-state index contributed by atoms with van der Waals surface area (Å²) < 4.78 is 29.0. The van der Waals surface area contributed by atoms with E-state index in [-0.39, 0.29) is 22.7 Å². The van der Waals surface area contributed by atoms with Crippen LogP contribution in [0.3, 0.4) is 0 Å². The molecule has 0 unspecified atom stereocenters. The van der Waals surface area contributed by atoms with Crippen LogP contribution in [0.15, 0.2) is 48.3 Å². The summed E-state index contributed by atoms with van der Waals surface area (Å²) in [6.45, 7) is 0.831. The maximum absolute atomic E-state index is 12.6. The first-order chi connectivity index (χ1) is 16.3. The molecule has 2 aliphatic carbocycles. The molecule has 1 aromatic heterocycles. The van der Waals surface area contributed by atoms with Crippen molar-refractivity contribution < 1.29 is 22.7 Å². The number of benzene rings is 1. The summed E-state index contributed by atoms with van der Waals surface area (Å²) in [5.41, 5.74) is 2.61. The summed E-state index contributed by atoms with van der Waals surface area (Å²) in [5, 5.41) is -0.354. The smallest absolute Gasteiger partial charge is 0.225 e. The van der Waals surface area contributed by atoms with Crippen LogP contribution in [-0.4, -0.2) is 60.7 Å². The molecule has 1 atom stereocenters. The molecule has 178 valence electrons. The molecule has 3 aliphatic rings. The molecule has 0 radical (unpaired) electrons. The molecule has 1 saturated carbocycles. The highest BCUT2D eigenvalue weighted by Crippen LogP contribution is 2.33. The SMILES string of the molecule is CS(=O)(=O)C1CN(c2ncc(CC3=CC(=O)[C@H](Oc4ccc(C(=O)C5CC5)cc4)CC3)cn2)C1. The third-order valence-corrected chi connectivity index (χ3v) is 8.13. The predicted octanol–water partition coefficient (Wildman–Crippen LogP) is 2.58. The van der Waals surface area contributed by atoms with Crippen LogP contribution in [-0.2, 0) is 21.1 Å². The van der Waals surface area contributed by atoms with Gasteiger partial charge in [-0.2, -0.15) is 0 Å². The molecule has 1 aliphatic heterocycles. The summed E-state index contributed by atoms with van der Waals surface area (Å²) >= 11 is 0. The number of ether oxygens (including phenoxy) is 1. The van der Waals surface area contributed by atoms with Crippen molar-refractivity contribution in [2.75, 3.05) is 24.2 Å². The molecule has 1 saturated heterocycles. The zero-order valence-electron chi connectivity index (χ0n) is 19.0. The number of nitrogens with zero attached hydrogens (tertiary/aromatic N) is 3. The maximum Gasteiger partial charge on any atom is 0.225 e. The second-order valence-electron chi connectivity index (χ2n) is 9.44. The largest absolute Gasteiger partial charge is 0.482 e. The van der Waals surface area contributed by atoms with Crippen molar-refractivity contribution in [1.29, 1.82) is 0 Å². The molecule has 9 heteroatoms. The number of sulfone groups is 1. The van der Waals surface area contributed by atoms with Crippen molar-refractivity contribution in [3.8, 4) is 5.75 Å². The Balaban J connectivity index is 1.14. The number of Topliss-reactive ketones (excluding diaryl/α,β-unsaturated/α-hetero) is 1. The van der Waals surface area contributed by atoms with Crippen molar-refractivity contribution in [2.45, 2.75) is 43.5 Å². The Kier molecular flexibility index (Phi) is 5.97. The number of hydrogen-bond donors (Lipinski definition) is 0. The average Bonchev–Trinajstić information content (AvgIpc) is 3.60. The van der Waals surface area contributed by atoms with E-state index < -0.39 is 15.9 Å². The fourth-order valence-electron chi connectivity index (χ4n) is 4.26. The second-order valence-corrected chi connectivity index (χ2v) is 11.8. The average molecular weight is 482 g/mol. The Morgan fingerprint density at radius 1 is 1.09 bits per heavy atom. The zero-order chi connectivity index (χ0) is 23.9. The second kappa shape index (κ2) is 8.94. The van der Waals surface area contributed by atoms with Crippen LogP contribution in [0, 0.1) is 5.92 Å². The van der Waals surface area contributed by atoms with Crippen molar-refractivity contribution in [2.24, 2.45) is 5.92 Å². The maximum atomic E-state index is 12.6. The van der Waals surface area contributed by atoms with Gasteiger partial charge < -0.3 is 9.64 Å². The summed E-state index contributed by atoms with van der Waals surface area (Å²) in [5.74, 6) is 1.42. The number of aromatic nitrogens is 2. The van der Waals surface area contributed by atoms with E-state index in [1.807, 2.05) is 4.90 Å². The van der Waals surface area contributed by atoms with E-state index in [2.05, 4.69) is 9.97 Å². The number of anilines is 1. The van der Waals surface area contributed by atoms with Gasteiger partial charge in [-0.25, -0.2) is 18.4 Å². The van der Waals surface area contributed by atoms with Gasteiger partial charge in [-0.15, -0.1) is 0 Å². The van der Waals surface area contributed by atoms with Gasteiger partial charge in [0.1, 0.15) is 5.75 Å². The summed E-state index contributed by atoms with van der Waals surface area (Å²) in [7, 11) is -3.03. The van der Waals surface area contributed by atoms with Crippen molar-refractivity contribution >= 4 is 27.4 Å². The molecular weight excluding hydrogens is 454 g/mol. The highest BCUT2D eigenvalue weighted by atomic mass is 32.2. The minimum atomic E-state index is -3.03. The van der Waals surface area contributed by atoms with Crippen molar-refractivity contribution in [1.82, 2.24) is 9.97 Å². The third kappa shape index (κ3) is 5.04. The van der Waals surface area contributed by atoms with Crippen molar-refractivity contribution in [3.05, 3.63) is 59.4 Å². The molecule has 2 heterocycles. The third-order valence-electron chi connectivity index (χ3n) is 6.62. The zero-order valence-corrected chi connectivity index (χ0v) is 19.8. The lowest BCUT2D eigenvalue weighted by molar-refractivity contribution is -0.121. The monoisotopic (exact) mass is 481 g/mol. The van der Waals surface area contributed by atoms with Gasteiger partial charge in [0.05, 0.1) is 5.25 Å². The van der Waals surface area contributed by atoms with E-state index in [1.165, 1.54) is 6.26 Å². The van der Waals surface area contributed by atoms with Crippen LogP contribution in [0.2, 0.25) is 0 Å². The number of carbonyl (C=O) groups excluding carboxylic acids is 2. The Bertz CT molecular complexity index is 1230. The lowest BCUT2D eigenvalue weighted by atomic mass is 9.92. The summed E-state index contributed by atoms with van der Waals surface area (Å²) in [6.07, 6.45) is 9.70. The fourth-order valence-corrected chi connectivity index (χ4v) is 5.16. The molecule has 1 aromatic carbocycles. The lowest BCUT2D eigenvalue weighted by Gasteiger charge is -2.37. The van der Waals surface area contributed by atoms with Crippen LogP contribution in [0.1, 0.15) is 41.6 Å².